The summed E-state index contributed by atoms with van der Waals surface area (Å²) in [4.78, 5) is 36.5. The molecule has 1 aromatic carbocycles. The van der Waals surface area contributed by atoms with Crippen molar-refractivity contribution in [3.05, 3.63) is 51.8 Å². The Morgan fingerprint density at radius 2 is 2.03 bits per heavy atom. The fourth-order valence-electron chi connectivity index (χ4n) is 3.91. The summed E-state index contributed by atoms with van der Waals surface area (Å²) in [5.74, 6) is -3.27. The molecule has 1 aromatic heterocycles. The molecule has 11 nitrogen and oxygen atoms in total. The number of sulfone groups is 1. The van der Waals surface area contributed by atoms with Crippen LogP contribution in [0.2, 0.25) is 5.02 Å². The van der Waals surface area contributed by atoms with E-state index in [-0.39, 0.29) is 28.8 Å². The molecule has 13 heteroatoms. The Kier molecular flexibility index (Phi) is 7.04. The van der Waals surface area contributed by atoms with Gasteiger partial charge in [-0.2, -0.15) is 5.26 Å². The first kappa shape index (κ1) is 24.2. The van der Waals surface area contributed by atoms with E-state index in [4.69, 9.17) is 32.1 Å². The predicted octanol–water partition coefficient (Wildman–Crippen LogP) is 0.593. The van der Waals surface area contributed by atoms with E-state index in [9.17, 15) is 22.8 Å². The number of halogens is 1. The number of primary amides is 1. The first-order chi connectivity index (χ1) is 15.6. The van der Waals surface area contributed by atoms with Crippen LogP contribution in [0.3, 0.4) is 0 Å². The van der Waals surface area contributed by atoms with Gasteiger partial charge in [0.2, 0.25) is 11.8 Å². The molecule has 0 radical (unpaired) electrons. The van der Waals surface area contributed by atoms with Crippen LogP contribution in [0.4, 0.5) is 0 Å². The highest BCUT2D eigenvalue weighted by Crippen LogP contribution is 2.48. The number of amides is 1. The van der Waals surface area contributed by atoms with Crippen molar-refractivity contribution in [2.45, 2.75) is 23.0 Å². The number of benzene rings is 1. The van der Waals surface area contributed by atoms with Gasteiger partial charge in [0.1, 0.15) is 6.07 Å². The van der Waals surface area contributed by atoms with Crippen LogP contribution in [-0.4, -0.2) is 49.0 Å². The Morgan fingerprint density at radius 3 is 2.64 bits per heavy atom. The van der Waals surface area contributed by atoms with Crippen LogP contribution in [0, 0.1) is 22.7 Å². The van der Waals surface area contributed by atoms with E-state index in [1.807, 2.05) is 0 Å². The number of esters is 1. The third-order valence-electron chi connectivity index (χ3n) is 5.53. The van der Waals surface area contributed by atoms with Crippen LogP contribution in [0.15, 0.2) is 46.1 Å². The van der Waals surface area contributed by atoms with Gasteiger partial charge in [0, 0.05) is 18.1 Å². The number of nitrogens with one attached hydrogen (secondary N) is 1. The molecule has 1 unspecified atom stereocenters. The summed E-state index contributed by atoms with van der Waals surface area (Å²) >= 11 is 6.08. The van der Waals surface area contributed by atoms with Gasteiger partial charge in [0.15, 0.2) is 21.9 Å². The maximum absolute atomic E-state index is 13.3. The number of aromatic amines is 1. The molecule has 1 saturated carbocycles. The first-order valence-electron chi connectivity index (χ1n) is 9.64. The SMILES string of the molecule is N#CCOC(=O)[C@]1(C(N)=O)CC(S(=O)(=O)c2ccccc2Cl)C[C@H]1COc1ccc(=O)[nH]n1. The summed E-state index contributed by atoms with van der Waals surface area (Å²) in [6.07, 6.45) is -0.658. The Balaban J connectivity index is 1.99. The van der Waals surface area contributed by atoms with Gasteiger partial charge in [-0.3, -0.25) is 14.4 Å². The zero-order chi connectivity index (χ0) is 24.2. The van der Waals surface area contributed by atoms with E-state index in [1.54, 1.807) is 12.1 Å². The average molecular weight is 495 g/mol. The van der Waals surface area contributed by atoms with Crippen LogP contribution in [0.1, 0.15) is 12.8 Å². The summed E-state index contributed by atoms with van der Waals surface area (Å²) in [5, 5.41) is 13.4. The quantitative estimate of drug-likeness (QED) is 0.391. The number of ether oxygens (including phenoxy) is 2. The molecular formula is C20H19ClN4O7S. The maximum atomic E-state index is 13.3. The van der Waals surface area contributed by atoms with Crippen molar-refractivity contribution in [3.63, 3.8) is 0 Å². The van der Waals surface area contributed by atoms with Crippen molar-refractivity contribution >= 4 is 33.3 Å². The first-order valence-corrected chi connectivity index (χ1v) is 11.6. The van der Waals surface area contributed by atoms with Crippen LogP contribution in [0.5, 0.6) is 5.88 Å². The lowest BCUT2D eigenvalue weighted by Gasteiger charge is -2.29. The molecule has 1 fully saturated rings. The van der Waals surface area contributed by atoms with Gasteiger partial charge in [0.25, 0.3) is 5.56 Å². The topological polar surface area (TPSA) is 182 Å². The van der Waals surface area contributed by atoms with Crippen LogP contribution < -0.4 is 16.0 Å². The minimum atomic E-state index is -4.08. The molecule has 3 rings (SSSR count). The zero-order valence-corrected chi connectivity index (χ0v) is 18.6. The van der Waals surface area contributed by atoms with Gasteiger partial charge < -0.3 is 15.2 Å². The van der Waals surface area contributed by atoms with E-state index in [0.29, 0.717) is 0 Å². The third-order valence-corrected chi connectivity index (χ3v) is 8.18. The molecular weight excluding hydrogens is 476 g/mol. The number of carbonyl (C=O) groups is 2. The summed E-state index contributed by atoms with van der Waals surface area (Å²) in [7, 11) is -4.08. The monoisotopic (exact) mass is 494 g/mol. The van der Waals surface area contributed by atoms with Crippen molar-refractivity contribution in [2.24, 2.45) is 17.1 Å². The number of aromatic nitrogens is 2. The second kappa shape index (κ2) is 9.60. The summed E-state index contributed by atoms with van der Waals surface area (Å²) in [5.41, 5.74) is 3.05. The molecule has 1 heterocycles. The predicted molar refractivity (Wildman–Crippen MR) is 114 cm³/mol. The zero-order valence-electron chi connectivity index (χ0n) is 17.1. The second-order valence-corrected chi connectivity index (χ2v) is 9.98. The highest BCUT2D eigenvalue weighted by atomic mass is 35.5. The van der Waals surface area contributed by atoms with Gasteiger partial charge in [-0.25, -0.2) is 13.5 Å². The van der Waals surface area contributed by atoms with Crippen molar-refractivity contribution < 1.29 is 27.5 Å². The smallest absolute Gasteiger partial charge is 0.323 e. The van der Waals surface area contributed by atoms with E-state index in [0.717, 1.165) is 6.07 Å². The Morgan fingerprint density at radius 1 is 1.30 bits per heavy atom. The van der Waals surface area contributed by atoms with Crippen LogP contribution >= 0.6 is 11.6 Å². The van der Waals surface area contributed by atoms with E-state index in [1.165, 1.54) is 24.3 Å². The molecule has 1 amide bonds. The average Bonchev–Trinajstić information content (AvgIpc) is 3.19. The van der Waals surface area contributed by atoms with Crippen LogP contribution in [0.25, 0.3) is 0 Å². The molecule has 0 spiro atoms. The number of carbonyl (C=O) groups excluding carboxylic acids is 2. The van der Waals surface area contributed by atoms with Crippen molar-refractivity contribution in [2.75, 3.05) is 13.2 Å². The number of hydrogen-bond donors (Lipinski definition) is 2. The fraction of sp³-hybridized carbons (Fsp3) is 0.350. The standard InChI is InChI=1S/C20H19ClN4O7S/c21-14-3-1-2-4-15(14)33(29,30)13-9-12(11-32-17-6-5-16(26)24-25-17)20(10-13,18(23)27)19(28)31-8-7-22/h1-6,12-13H,8-11H2,(H2,23,27)(H,24,26)/t12-,13?,20+/m0/s1. The number of nitrogens with two attached hydrogens (primary N) is 1. The molecule has 1 aliphatic rings. The summed E-state index contributed by atoms with van der Waals surface area (Å²) in [6.45, 7) is -0.983. The summed E-state index contributed by atoms with van der Waals surface area (Å²) in [6, 6.07) is 9.85. The largest absolute Gasteiger partial charge is 0.476 e. The molecule has 0 bridgehead atoms. The van der Waals surface area contributed by atoms with Gasteiger partial charge >= 0.3 is 5.97 Å². The lowest BCUT2D eigenvalue weighted by atomic mass is 9.77. The van der Waals surface area contributed by atoms with Gasteiger partial charge in [-0.05, 0) is 25.0 Å². The van der Waals surface area contributed by atoms with Gasteiger partial charge in [-0.15, -0.1) is 5.10 Å². The van der Waals surface area contributed by atoms with Gasteiger partial charge in [0.05, 0.1) is 21.8 Å². The maximum Gasteiger partial charge on any atom is 0.323 e. The van der Waals surface area contributed by atoms with Crippen molar-refractivity contribution in [3.8, 4) is 11.9 Å². The lowest BCUT2D eigenvalue weighted by Crippen LogP contribution is -2.49. The molecule has 0 saturated heterocycles. The Bertz CT molecular complexity index is 1250. The molecule has 33 heavy (non-hydrogen) atoms. The number of nitrogens with zero attached hydrogens (tertiary/aromatic N) is 2. The van der Waals surface area contributed by atoms with E-state index in [2.05, 4.69) is 10.2 Å². The highest BCUT2D eigenvalue weighted by Gasteiger charge is 2.61. The Labute approximate surface area is 193 Å². The third kappa shape index (κ3) is 4.69. The normalized spacial score (nSPS) is 22.3. The highest BCUT2D eigenvalue weighted by molar-refractivity contribution is 7.92. The number of rotatable bonds is 8. The van der Waals surface area contributed by atoms with E-state index >= 15 is 0 Å². The molecule has 2 aromatic rings. The number of H-pyrrole nitrogens is 1. The fourth-order valence-corrected chi connectivity index (χ4v) is 6.30. The van der Waals surface area contributed by atoms with Crippen LogP contribution in [-0.2, 0) is 24.2 Å². The van der Waals surface area contributed by atoms with Gasteiger partial charge in [-0.1, -0.05) is 23.7 Å². The number of hydrogen-bond acceptors (Lipinski definition) is 9. The van der Waals surface area contributed by atoms with Crippen molar-refractivity contribution in [1.82, 2.24) is 10.2 Å². The lowest BCUT2D eigenvalue weighted by molar-refractivity contribution is -0.162. The molecule has 3 atom stereocenters. The number of nitriles is 1. The molecule has 174 valence electrons. The van der Waals surface area contributed by atoms with E-state index < -0.39 is 56.9 Å². The summed E-state index contributed by atoms with van der Waals surface area (Å²) < 4.78 is 37.1. The molecule has 0 aliphatic heterocycles. The van der Waals surface area contributed by atoms with Crippen molar-refractivity contribution in [1.29, 1.82) is 5.26 Å². The molecule has 1 aliphatic carbocycles. The second-order valence-electron chi connectivity index (χ2n) is 7.37. The molecule has 3 N–H and O–H groups in total. The minimum Gasteiger partial charge on any atom is -0.476 e. The minimum absolute atomic E-state index is 0.00799. The Hall–Kier alpha value is -3.43.